The van der Waals surface area contributed by atoms with E-state index in [9.17, 15) is 9.59 Å². The number of carbonyl (C=O) groups is 2. The predicted octanol–water partition coefficient (Wildman–Crippen LogP) is 0.456. The van der Waals surface area contributed by atoms with Gasteiger partial charge in [0.05, 0.1) is 0 Å². The van der Waals surface area contributed by atoms with Gasteiger partial charge in [0, 0.05) is 50.4 Å². The van der Waals surface area contributed by atoms with Crippen LogP contribution in [-0.4, -0.2) is 64.0 Å². The molecule has 3 rings (SSSR count). The van der Waals surface area contributed by atoms with E-state index in [1.54, 1.807) is 11.1 Å². The Morgan fingerprint density at radius 1 is 1.35 bits per heavy atom. The molecule has 2 atom stereocenters. The molecule has 2 amide bonds. The molecular formula is C17H23N3O3. The van der Waals surface area contributed by atoms with Gasteiger partial charge >= 0.3 is 0 Å². The molecule has 0 radical (unpaired) electrons. The van der Waals surface area contributed by atoms with Gasteiger partial charge in [-0.25, -0.2) is 0 Å². The smallest absolute Gasteiger partial charge is 0.248 e. The van der Waals surface area contributed by atoms with Crippen molar-refractivity contribution in [2.24, 2.45) is 5.92 Å². The molecule has 0 unspecified atom stereocenters. The van der Waals surface area contributed by atoms with Crippen molar-refractivity contribution in [1.29, 1.82) is 0 Å². The molecule has 0 aromatic carbocycles. The number of rotatable bonds is 4. The number of hydrogen-bond donors (Lipinski definition) is 1. The van der Waals surface area contributed by atoms with E-state index >= 15 is 0 Å². The van der Waals surface area contributed by atoms with Gasteiger partial charge in [-0.2, -0.15) is 0 Å². The number of amides is 2. The Bertz CT molecular complexity index is 563. The van der Waals surface area contributed by atoms with Crippen LogP contribution in [0.3, 0.4) is 0 Å². The third-order valence-electron chi connectivity index (χ3n) is 4.97. The highest BCUT2D eigenvalue weighted by molar-refractivity contribution is 5.79. The van der Waals surface area contributed by atoms with Crippen molar-refractivity contribution < 1.29 is 14.7 Å². The van der Waals surface area contributed by atoms with E-state index in [1.165, 1.54) is 0 Å². The fourth-order valence-electron chi connectivity index (χ4n) is 3.75. The molecule has 2 fully saturated rings. The SMILES string of the molecule is O=C(CO)N1CC[C@@H]2[C@@H](CCC(=O)N2CCc2ccccn2)C1. The second-order valence-corrected chi connectivity index (χ2v) is 6.31. The minimum absolute atomic E-state index is 0.208. The Kier molecular flexibility index (Phi) is 4.91. The van der Waals surface area contributed by atoms with E-state index in [-0.39, 0.29) is 17.9 Å². The van der Waals surface area contributed by atoms with Crippen LogP contribution >= 0.6 is 0 Å². The number of fused-ring (bicyclic) bond motifs is 1. The predicted molar refractivity (Wildman–Crippen MR) is 84.4 cm³/mol. The molecular weight excluding hydrogens is 294 g/mol. The summed E-state index contributed by atoms with van der Waals surface area (Å²) in [6.07, 6.45) is 4.71. The van der Waals surface area contributed by atoms with Crippen molar-refractivity contribution in [3.05, 3.63) is 30.1 Å². The molecule has 2 saturated heterocycles. The summed E-state index contributed by atoms with van der Waals surface area (Å²) in [5.74, 6) is 0.324. The maximum Gasteiger partial charge on any atom is 0.248 e. The maximum atomic E-state index is 12.3. The van der Waals surface area contributed by atoms with Crippen molar-refractivity contribution in [2.45, 2.75) is 31.7 Å². The number of likely N-dealkylation sites (tertiary alicyclic amines) is 2. The summed E-state index contributed by atoms with van der Waals surface area (Å²) in [5.41, 5.74) is 0.996. The van der Waals surface area contributed by atoms with Gasteiger partial charge in [0.25, 0.3) is 0 Å². The van der Waals surface area contributed by atoms with Crippen LogP contribution in [0.15, 0.2) is 24.4 Å². The second-order valence-electron chi connectivity index (χ2n) is 6.31. The van der Waals surface area contributed by atoms with E-state index in [0.717, 1.165) is 25.0 Å². The molecule has 1 aromatic heterocycles. The summed E-state index contributed by atoms with van der Waals surface area (Å²) in [5, 5.41) is 9.02. The first-order valence-corrected chi connectivity index (χ1v) is 8.27. The third-order valence-corrected chi connectivity index (χ3v) is 4.97. The molecule has 124 valence electrons. The Hall–Kier alpha value is -1.95. The van der Waals surface area contributed by atoms with Gasteiger partial charge in [-0.05, 0) is 30.9 Å². The largest absolute Gasteiger partial charge is 0.387 e. The van der Waals surface area contributed by atoms with Crippen molar-refractivity contribution >= 4 is 11.8 Å². The first kappa shape index (κ1) is 15.9. The van der Waals surface area contributed by atoms with Crippen LogP contribution in [0.4, 0.5) is 0 Å². The number of piperidine rings is 2. The molecule has 2 aliphatic rings. The van der Waals surface area contributed by atoms with Gasteiger partial charge in [0.1, 0.15) is 6.61 Å². The Balaban J connectivity index is 1.63. The summed E-state index contributed by atoms with van der Waals surface area (Å²) in [7, 11) is 0. The molecule has 0 spiro atoms. The molecule has 6 heteroatoms. The minimum atomic E-state index is -0.431. The number of nitrogens with zero attached hydrogens (tertiary/aromatic N) is 3. The molecule has 0 saturated carbocycles. The fourth-order valence-corrected chi connectivity index (χ4v) is 3.75. The van der Waals surface area contributed by atoms with Gasteiger partial charge in [-0.3, -0.25) is 14.6 Å². The Morgan fingerprint density at radius 2 is 2.22 bits per heavy atom. The Labute approximate surface area is 136 Å². The summed E-state index contributed by atoms with van der Waals surface area (Å²) < 4.78 is 0. The zero-order valence-corrected chi connectivity index (χ0v) is 13.2. The fraction of sp³-hybridized carbons (Fsp3) is 0.588. The summed E-state index contributed by atoms with van der Waals surface area (Å²) in [4.78, 5) is 32.1. The lowest BCUT2D eigenvalue weighted by Gasteiger charge is -2.47. The zero-order valence-electron chi connectivity index (χ0n) is 13.2. The van der Waals surface area contributed by atoms with Gasteiger partial charge in [-0.1, -0.05) is 6.07 Å². The lowest BCUT2D eigenvalue weighted by Crippen LogP contribution is -2.57. The second kappa shape index (κ2) is 7.08. The summed E-state index contributed by atoms with van der Waals surface area (Å²) in [6, 6.07) is 6.04. The molecule has 3 heterocycles. The number of hydrogen-bond acceptors (Lipinski definition) is 4. The molecule has 0 aliphatic carbocycles. The van der Waals surface area contributed by atoms with Crippen molar-refractivity contribution in [1.82, 2.24) is 14.8 Å². The number of pyridine rings is 1. The quantitative estimate of drug-likeness (QED) is 0.875. The standard InChI is InChI=1S/C17H23N3O3/c21-12-17(23)19-9-7-15-13(11-19)4-5-16(22)20(15)10-6-14-3-1-2-8-18-14/h1-3,8,13,15,21H,4-7,9-12H2/t13-,15+/m0/s1. The van der Waals surface area contributed by atoms with Crippen LogP contribution in [0.2, 0.25) is 0 Å². The highest BCUT2D eigenvalue weighted by atomic mass is 16.3. The first-order valence-electron chi connectivity index (χ1n) is 8.27. The number of aromatic nitrogens is 1. The van der Waals surface area contributed by atoms with Gasteiger partial charge in [0.15, 0.2) is 0 Å². The van der Waals surface area contributed by atoms with Gasteiger partial charge in [-0.15, -0.1) is 0 Å². The van der Waals surface area contributed by atoms with E-state index in [0.29, 0.717) is 32.0 Å². The van der Waals surface area contributed by atoms with Crippen LogP contribution < -0.4 is 0 Å². The van der Waals surface area contributed by atoms with Crippen LogP contribution in [0.5, 0.6) is 0 Å². The average Bonchev–Trinajstić information content (AvgIpc) is 2.60. The van der Waals surface area contributed by atoms with Crippen LogP contribution in [0.25, 0.3) is 0 Å². The third kappa shape index (κ3) is 3.52. The Morgan fingerprint density at radius 3 is 2.96 bits per heavy atom. The highest BCUT2D eigenvalue weighted by Crippen LogP contribution is 2.31. The normalized spacial score (nSPS) is 24.5. The molecule has 6 nitrogen and oxygen atoms in total. The zero-order chi connectivity index (χ0) is 16.2. The maximum absolute atomic E-state index is 12.3. The summed E-state index contributed by atoms with van der Waals surface area (Å²) in [6.45, 7) is 1.52. The lowest BCUT2D eigenvalue weighted by molar-refractivity contribution is -0.145. The minimum Gasteiger partial charge on any atom is -0.387 e. The van der Waals surface area contributed by atoms with Crippen LogP contribution in [0, 0.1) is 5.92 Å². The average molecular weight is 317 g/mol. The number of aliphatic hydroxyl groups is 1. The van der Waals surface area contributed by atoms with Crippen LogP contribution in [-0.2, 0) is 16.0 Å². The van der Waals surface area contributed by atoms with Crippen molar-refractivity contribution in [3.8, 4) is 0 Å². The molecule has 23 heavy (non-hydrogen) atoms. The van der Waals surface area contributed by atoms with E-state index < -0.39 is 6.61 Å². The topological polar surface area (TPSA) is 73.7 Å². The lowest BCUT2D eigenvalue weighted by atomic mass is 9.83. The van der Waals surface area contributed by atoms with Crippen molar-refractivity contribution in [3.63, 3.8) is 0 Å². The first-order chi connectivity index (χ1) is 11.2. The molecule has 1 N–H and O–H groups in total. The molecule has 2 aliphatic heterocycles. The van der Waals surface area contributed by atoms with Gasteiger partial charge < -0.3 is 14.9 Å². The van der Waals surface area contributed by atoms with Gasteiger partial charge in [0.2, 0.25) is 11.8 Å². The van der Waals surface area contributed by atoms with E-state index in [1.807, 2.05) is 23.1 Å². The summed E-state index contributed by atoms with van der Waals surface area (Å²) >= 11 is 0. The van der Waals surface area contributed by atoms with Crippen molar-refractivity contribution in [2.75, 3.05) is 26.2 Å². The van der Waals surface area contributed by atoms with Crippen LogP contribution in [0.1, 0.15) is 25.0 Å². The number of carbonyl (C=O) groups excluding carboxylic acids is 2. The highest BCUT2D eigenvalue weighted by Gasteiger charge is 2.39. The molecule has 1 aromatic rings. The monoisotopic (exact) mass is 317 g/mol. The number of aliphatic hydroxyl groups excluding tert-OH is 1. The van der Waals surface area contributed by atoms with E-state index in [2.05, 4.69) is 4.98 Å². The molecule has 0 bridgehead atoms. The van der Waals surface area contributed by atoms with E-state index in [4.69, 9.17) is 5.11 Å².